The second kappa shape index (κ2) is 7.30. The fourth-order valence-corrected chi connectivity index (χ4v) is 4.03. The first-order valence-electron chi connectivity index (χ1n) is 9.03. The van der Waals surface area contributed by atoms with Gasteiger partial charge in [0, 0.05) is 24.5 Å². The van der Waals surface area contributed by atoms with Crippen molar-refractivity contribution in [2.45, 2.75) is 54.9 Å². The molecule has 1 amide bonds. The van der Waals surface area contributed by atoms with Crippen LogP contribution in [0.3, 0.4) is 0 Å². The van der Waals surface area contributed by atoms with Crippen LogP contribution in [0.1, 0.15) is 44.3 Å². The Morgan fingerprint density at radius 1 is 1.32 bits per heavy atom. The lowest BCUT2D eigenvalue weighted by Gasteiger charge is -2.15. The molecule has 25 heavy (non-hydrogen) atoms. The number of aromatic nitrogens is 2. The van der Waals surface area contributed by atoms with Gasteiger partial charge in [-0.25, -0.2) is 9.97 Å². The van der Waals surface area contributed by atoms with Gasteiger partial charge in [-0.1, -0.05) is 30.0 Å². The smallest absolute Gasteiger partial charge is 0.233 e. The van der Waals surface area contributed by atoms with E-state index in [4.69, 9.17) is 14.7 Å². The molecular weight excluding hydrogens is 334 g/mol. The minimum Gasteiger partial charge on any atom is -0.376 e. The Balaban J connectivity index is 1.47. The van der Waals surface area contributed by atoms with Crippen LogP contribution >= 0.6 is 11.8 Å². The van der Waals surface area contributed by atoms with Crippen molar-refractivity contribution in [3.05, 3.63) is 30.1 Å². The lowest BCUT2D eigenvalue weighted by molar-refractivity contribution is -0.120. The molecule has 0 unspecified atom stereocenters. The average molecular weight is 357 g/mol. The number of thioether (sulfide) groups is 1. The molecule has 1 aromatic carbocycles. The summed E-state index contributed by atoms with van der Waals surface area (Å²) in [6, 6.07) is 8.05. The van der Waals surface area contributed by atoms with E-state index >= 15 is 0 Å². The van der Waals surface area contributed by atoms with Crippen molar-refractivity contribution < 1.29 is 9.53 Å². The van der Waals surface area contributed by atoms with E-state index in [0.29, 0.717) is 12.5 Å². The van der Waals surface area contributed by atoms with Crippen LogP contribution in [0.5, 0.6) is 0 Å². The van der Waals surface area contributed by atoms with Crippen LogP contribution in [0.15, 0.2) is 29.3 Å². The minimum atomic E-state index is -0.202. The molecule has 2 aromatic rings. The Bertz CT molecular complexity index is 772. The van der Waals surface area contributed by atoms with Crippen molar-refractivity contribution in [2.24, 2.45) is 0 Å². The van der Waals surface area contributed by atoms with E-state index in [1.165, 1.54) is 24.6 Å². The first kappa shape index (κ1) is 16.8. The summed E-state index contributed by atoms with van der Waals surface area (Å²) < 4.78 is 5.57. The number of nitrogens with zero attached hydrogens (tertiary/aromatic N) is 2. The summed E-state index contributed by atoms with van der Waals surface area (Å²) in [4.78, 5) is 21.9. The Kier molecular flexibility index (Phi) is 4.90. The number of carbonyl (C=O) groups excluding carboxylic acids is 1. The number of benzene rings is 1. The van der Waals surface area contributed by atoms with Gasteiger partial charge in [0.25, 0.3) is 0 Å². The summed E-state index contributed by atoms with van der Waals surface area (Å²) in [5.41, 5.74) is 0.967. The zero-order valence-electron chi connectivity index (χ0n) is 14.4. The van der Waals surface area contributed by atoms with Gasteiger partial charge in [0.15, 0.2) is 0 Å². The highest BCUT2D eigenvalue weighted by atomic mass is 32.2. The van der Waals surface area contributed by atoms with Gasteiger partial charge in [0.2, 0.25) is 5.91 Å². The quantitative estimate of drug-likeness (QED) is 0.635. The highest BCUT2D eigenvalue weighted by Gasteiger charge is 2.28. The molecule has 2 aliphatic rings. The van der Waals surface area contributed by atoms with Gasteiger partial charge >= 0.3 is 0 Å². The lowest BCUT2D eigenvalue weighted by Crippen LogP contribution is -2.36. The largest absolute Gasteiger partial charge is 0.376 e. The molecule has 2 heterocycles. The third-order valence-corrected chi connectivity index (χ3v) is 5.82. The van der Waals surface area contributed by atoms with Gasteiger partial charge in [-0.05, 0) is 38.7 Å². The van der Waals surface area contributed by atoms with E-state index in [2.05, 4.69) is 5.32 Å². The molecule has 4 rings (SSSR count). The Morgan fingerprint density at radius 3 is 2.92 bits per heavy atom. The predicted octanol–water partition coefficient (Wildman–Crippen LogP) is 3.28. The van der Waals surface area contributed by atoms with Gasteiger partial charge in [-0.3, -0.25) is 4.79 Å². The molecule has 2 fully saturated rings. The molecule has 6 heteroatoms. The molecular formula is C19H23N3O2S. The zero-order chi connectivity index (χ0) is 17.2. The maximum absolute atomic E-state index is 12.4. The second-order valence-corrected chi connectivity index (χ2v) is 8.15. The number of ether oxygens (including phenoxy) is 1. The molecule has 1 aromatic heterocycles. The van der Waals surface area contributed by atoms with Gasteiger partial charge in [0.05, 0.1) is 16.9 Å². The molecule has 0 radical (unpaired) electrons. The summed E-state index contributed by atoms with van der Waals surface area (Å²) in [6.07, 6.45) is 4.62. The van der Waals surface area contributed by atoms with Crippen LogP contribution in [0, 0.1) is 0 Å². The van der Waals surface area contributed by atoms with Crippen molar-refractivity contribution in [3.63, 3.8) is 0 Å². The first-order chi connectivity index (χ1) is 12.2. The topological polar surface area (TPSA) is 64.1 Å². The van der Waals surface area contributed by atoms with Gasteiger partial charge in [-0.2, -0.15) is 0 Å². The van der Waals surface area contributed by atoms with Crippen LogP contribution in [0.2, 0.25) is 0 Å². The van der Waals surface area contributed by atoms with Crippen molar-refractivity contribution in [1.29, 1.82) is 0 Å². The molecule has 5 nitrogen and oxygen atoms in total. The molecule has 1 aliphatic heterocycles. The molecule has 2 atom stereocenters. The van der Waals surface area contributed by atoms with Crippen molar-refractivity contribution >= 4 is 28.6 Å². The number of amides is 1. The van der Waals surface area contributed by atoms with Gasteiger partial charge in [-0.15, -0.1) is 0 Å². The van der Waals surface area contributed by atoms with Crippen molar-refractivity contribution in [1.82, 2.24) is 15.3 Å². The summed E-state index contributed by atoms with van der Waals surface area (Å²) in [5.74, 6) is 1.46. The monoisotopic (exact) mass is 357 g/mol. The fraction of sp³-hybridized carbons (Fsp3) is 0.526. The Morgan fingerprint density at radius 2 is 2.16 bits per heavy atom. The van der Waals surface area contributed by atoms with Crippen LogP contribution in [-0.4, -0.2) is 40.4 Å². The number of para-hydroxylation sites is 1. The van der Waals surface area contributed by atoms with E-state index in [0.717, 1.165) is 41.2 Å². The lowest BCUT2D eigenvalue weighted by atomic mass is 10.2. The second-order valence-electron chi connectivity index (χ2n) is 6.82. The summed E-state index contributed by atoms with van der Waals surface area (Å²) in [6.45, 7) is 3.34. The van der Waals surface area contributed by atoms with Gasteiger partial charge in [0.1, 0.15) is 10.9 Å². The summed E-state index contributed by atoms with van der Waals surface area (Å²) in [7, 11) is 0. The highest BCUT2D eigenvalue weighted by molar-refractivity contribution is 8.00. The minimum absolute atomic E-state index is 0.0381. The summed E-state index contributed by atoms with van der Waals surface area (Å²) in [5, 5.41) is 4.75. The normalized spacial score (nSPS) is 21.4. The molecule has 132 valence electrons. The number of hydrogen-bond donors (Lipinski definition) is 1. The standard InChI is InChI=1S/C19H23N3O2S/c1-12(18(23)20-11-14-5-4-10-24-14)25-19-15-6-2-3-7-16(15)21-17(22-19)13-8-9-13/h2-3,6-7,12-14H,4-5,8-11H2,1H3,(H,20,23)/t12-,14+/m1/s1. The van der Waals surface area contributed by atoms with Crippen molar-refractivity contribution in [2.75, 3.05) is 13.2 Å². The maximum atomic E-state index is 12.4. The Hall–Kier alpha value is -1.66. The molecule has 0 bridgehead atoms. The number of nitrogens with one attached hydrogen (secondary N) is 1. The van der Waals surface area contributed by atoms with Crippen LogP contribution < -0.4 is 5.32 Å². The molecule has 0 spiro atoms. The SMILES string of the molecule is C[C@@H](Sc1nc(C2CC2)nc2ccccc12)C(=O)NC[C@@H]1CCCO1. The van der Waals surface area contributed by atoms with E-state index in [1.807, 2.05) is 31.2 Å². The third-order valence-electron chi connectivity index (χ3n) is 4.71. The summed E-state index contributed by atoms with van der Waals surface area (Å²) >= 11 is 1.52. The number of rotatable bonds is 6. The number of hydrogen-bond acceptors (Lipinski definition) is 5. The first-order valence-corrected chi connectivity index (χ1v) is 9.91. The predicted molar refractivity (Wildman–Crippen MR) is 98.8 cm³/mol. The molecule has 1 aliphatic carbocycles. The average Bonchev–Trinajstić information content (AvgIpc) is 3.35. The fourth-order valence-electron chi connectivity index (χ4n) is 3.06. The highest BCUT2D eigenvalue weighted by Crippen LogP contribution is 2.40. The van der Waals surface area contributed by atoms with E-state index in [1.54, 1.807) is 0 Å². The zero-order valence-corrected chi connectivity index (χ0v) is 15.2. The van der Waals surface area contributed by atoms with E-state index in [9.17, 15) is 4.79 Å². The van der Waals surface area contributed by atoms with Crippen LogP contribution in [0.25, 0.3) is 10.9 Å². The number of carbonyl (C=O) groups is 1. The third kappa shape index (κ3) is 3.96. The molecule has 1 saturated carbocycles. The maximum Gasteiger partial charge on any atom is 0.233 e. The Labute approximate surface area is 152 Å². The van der Waals surface area contributed by atoms with Gasteiger partial charge < -0.3 is 10.1 Å². The number of fused-ring (bicyclic) bond motifs is 1. The van der Waals surface area contributed by atoms with Crippen molar-refractivity contribution in [3.8, 4) is 0 Å². The van der Waals surface area contributed by atoms with Crippen LogP contribution in [-0.2, 0) is 9.53 Å². The van der Waals surface area contributed by atoms with E-state index in [-0.39, 0.29) is 17.3 Å². The van der Waals surface area contributed by atoms with E-state index < -0.39 is 0 Å². The molecule has 1 saturated heterocycles. The molecule has 1 N–H and O–H groups in total. The van der Waals surface area contributed by atoms with Crippen LogP contribution in [0.4, 0.5) is 0 Å².